The first-order valence-corrected chi connectivity index (χ1v) is 8.15. The maximum Gasteiger partial charge on any atom is 0.271 e. The molecule has 0 bridgehead atoms. The number of benzene rings is 2. The second-order valence-electron chi connectivity index (χ2n) is 5.08. The number of nitrogens with two attached hydrogens (primary N) is 1. The van der Waals surface area contributed by atoms with Gasteiger partial charge in [-0.1, -0.05) is 29.8 Å². The number of rotatable bonds is 8. The molecule has 2 aromatic rings. The Labute approximate surface area is 155 Å². The molecule has 0 spiro atoms. The summed E-state index contributed by atoms with van der Waals surface area (Å²) >= 11 is 6.18. The van der Waals surface area contributed by atoms with Gasteiger partial charge in [0.15, 0.2) is 18.1 Å². The molecule has 2 aromatic carbocycles. The molecule has 0 unspecified atom stereocenters. The van der Waals surface area contributed by atoms with Crippen LogP contribution >= 0.6 is 11.6 Å². The number of hydrazone groups is 1. The molecule has 0 saturated carbocycles. The van der Waals surface area contributed by atoms with Crippen LogP contribution in [0.2, 0.25) is 5.02 Å². The Morgan fingerprint density at radius 3 is 2.62 bits per heavy atom. The van der Waals surface area contributed by atoms with Crippen LogP contribution in [0.1, 0.15) is 22.8 Å². The number of nitrogens with zero attached hydrogens (tertiary/aromatic N) is 1. The van der Waals surface area contributed by atoms with E-state index in [1.165, 1.54) is 6.21 Å². The lowest BCUT2D eigenvalue weighted by molar-refractivity contribution is -0.119. The number of carbonyl (C=O) groups is 2. The van der Waals surface area contributed by atoms with E-state index in [1.807, 2.05) is 6.07 Å². The summed E-state index contributed by atoms with van der Waals surface area (Å²) in [6.45, 7) is 1.85. The fourth-order valence-electron chi connectivity index (χ4n) is 2.03. The molecule has 2 rings (SSSR count). The number of primary amides is 1. The van der Waals surface area contributed by atoms with E-state index in [-0.39, 0.29) is 23.3 Å². The van der Waals surface area contributed by atoms with Crippen molar-refractivity contribution in [1.82, 2.24) is 5.43 Å². The zero-order chi connectivity index (χ0) is 18.9. The third kappa shape index (κ3) is 5.49. The van der Waals surface area contributed by atoms with Crippen molar-refractivity contribution in [2.24, 2.45) is 10.8 Å². The van der Waals surface area contributed by atoms with Gasteiger partial charge in [-0.2, -0.15) is 5.10 Å². The molecule has 0 atom stereocenters. The van der Waals surface area contributed by atoms with Crippen molar-refractivity contribution in [3.8, 4) is 11.5 Å². The highest BCUT2D eigenvalue weighted by Crippen LogP contribution is 2.36. The topological polar surface area (TPSA) is 103 Å². The van der Waals surface area contributed by atoms with Gasteiger partial charge in [0.05, 0.1) is 17.8 Å². The van der Waals surface area contributed by atoms with E-state index in [2.05, 4.69) is 10.5 Å². The van der Waals surface area contributed by atoms with Crippen LogP contribution in [0.25, 0.3) is 0 Å². The second-order valence-corrected chi connectivity index (χ2v) is 5.49. The van der Waals surface area contributed by atoms with E-state index in [0.717, 1.165) is 0 Å². The van der Waals surface area contributed by atoms with Crippen LogP contribution in [0.4, 0.5) is 0 Å². The molecule has 0 radical (unpaired) electrons. The minimum atomic E-state index is -0.627. The molecule has 0 aromatic heterocycles. The van der Waals surface area contributed by atoms with E-state index in [1.54, 1.807) is 43.3 Å². The minimum absolute atomic E-state index is 0.220. The van der Waals surface area contributed by atoms with Crippen molar-refractivity contribution in [2.75, 3.05) is 13.2 Å². The Morgan fingerprint density at radius 1 is 1.23 bits per heavy atom. The third-order valence-electron chi connectivity index (χ3n) is 3.11. The van der Waals surface area contributed by atoms with Crippen molar-refractivity contribution < 1.29 is 19.1 Å². The summed E-state index contributed by atoms with van der Waals surface area (Å²) in [5.41, 5.74) is 8.58. The highest BCUT2D eigenvalue weighted by atomic mass is 35.5. The first-order valence-electron chi connectivity index (χ1n) is 7.77. The van der Waals surface area contributed by atoms with Crippen molar-refractivity contribution in [3.63, 3.8) is 0 Å². The molecule has 0 aliphatic rings. The molecule has 0 aliphatic carbocycles. The fraction of sp³-hybridized carbons (Fsp3) is 0.167. The van der Waals surface area contributed by atoms with Crippen LogP contribution in [-0.4, -0.2) is 31.2 Å². The van der Waals surface area contributed by atoms with Crippen LogP contribution in [0.3, 0.4) is 0 Å². The van der Waals surface area contributed by atoms with Gasteiger partial charge in [-0.25, -0.2) is 5.43 Å². The van der Waals surface area contributed by atoms with Crippen molar-refractivity contribution in [2.45, 2.75) is 6.92 Å². The van der Waals surface area contributed by atoms with Crippen molar-refractivity contribution in [3.05, 3.63) is 58.6 Å². The lowest BCUT2D eigenvalue weighted by atomic mass is 10.2. The number of carbonyl (C=O) groups excluding carboxylic acids is 2. The number of amides is 2. The van der Waals surface area contributed by atoms with Gasteiger partial charge in [0.25, 0.3) is 11.8 Å². The largest absolute Gasteiger partial charge is 0.490 e. The average molecular weight is 376 g/mol. The Hall–Kier alpha value is -3.06. The first-order chi connectivity index (χ1) is 12.5. The van der Waals surface area contributed by atoms with E-state index in [4.69, 9.17) is 26.8 Å². The Kier molecular flexibility index (Phi) is 6.99. The smallest absolute Gasteiger partial charge is 0.271 e. The predicted molar refractivity (Wildman–Crippen MR) is 98.8 cm³/mol. The maximum atomic E-state index is 11.9. The molecule has 0 fully saturated rings. The summed E-state index contributed by atoms with van der Waals surface area (Å²) in [6.07, 6.45) is 1.42. The number of halogens is 1. The van der Waals surface area contributed by atoms with Gasteiger partial charge in [0.1, 0.15) is 0 Å². The molecule has 2 amide bonds. The fourth-order valence-corrected chi connectivity index (χ4v) is 2.30. The summed E-state index contributed by atoms with van der Waals surface area (Å²) < 4.78 is 10.8. The molecule has 0 aliphatic heterocycles. The second kappa shape index (κ2) is 9.43. The van der Waals surface area contributed by atoms with E-state index < -0.39 is 5.91 Å². The van der Waals surface area contributed by atoms with Crippen molar-refractivity contribution >= 4 is 29.6 Å². The Bertz CT molecular complexity index is 810. The van der Waals surface area contributed by atoms with Gasteiger partial charge in [-0.05, 0) is 36.8 Å². The van der Waals surface area contributed by atoms with E-state index in [0.29, 0.717) is 23.5 Å². The summed E-state index contributed by atoms with van der Waals surface area (Å²) in [6, 6.07) is 11.9. The zero-order valence-electron chi connectivity index (χ0n) is 14.1. The van der Waals surface area contributed by atoms with Crippen LogP contribution in [-0.2, 0) is 4.79 Å². The summed E-state index contributed by atoms with van der Waals surface area (Å²) in [7, 11) is 0. The molecule has 26 heavy (non-hydrogen) atoms. The van der Waals surface area contributed by atoms with E-state index in [9.17, 15) is 9.59 Å². The quantitative estimate of drug-likeness (QED) is 0.546. The molecular formula is C18H18ClN3O4. The summed E-state index contributed by atoms with van der Waals surface area (Å²) in [5.74, 6) is -0.396. The molecule has 0 saturated heterocycles. The number of hydrogen-bond acceptors (Lipinski definition) is 5. The first kappa shape index (κ1) is 19.3. The normalized spacial score (nSPS) is 10.5. The predicted octanol–water partition coefficient (Wildman–Crippen LogP) is 2.37. The summed E-state index contributed by atoms with van der Waals surface area (Å²) in [5, 5.41) is 4.14. The molecule has 0 heterocycles. The highest BCUT2D eigenvalue weighted by Gasteiger charge is 2.13. The molecule has 136 valence electrons. The Balaban J connectivity index is 2.13. The number of ether oxygens (including phenoxy) is 2. The minimum Gasteiger partial charge on any atom is -0.490 e. The van der Waals surface area contributed by atoms with Crippen LogP contribution in [0.5, 0.6) is 11.5 Å². The lowest BCUT2D eigenvalue weighted by Gasteiger charge is -2.13. The third-order valence-corrected chi connectivity index (χ3v) is 3.39. The van der Waals surface area contributed by atoms with Crippen molar-refractivity contribution in [1.29, 1.82) is 0 Å². The van der Waals surface area contributed by atoms with Crippen LogP contribution in [0.15, 0.2) is 47.6 Å². The van der Waals surface area contributed by atoms with Gasteiger partial charge in [-0.3, -0.25) is 9.59 Å². The molecule has 7 nitrogen and oxygen atoms in total. The maximum absolute atomic E-state index is 11.9. The van der Waals surface area contributed by atoms with Gasteiger partial charge < -0.3 is 15.2 Å². The standard InChI is InChI=1S/C18H18ClN3O4/c1-2-25-15-9-12(8-14(19)17(15)26-11-16(20)23)10-21-22-18(24)13-6-4-3-5-7-13/h3-10H,2,11H2,1H3,(H2,20,23)(H,22,24)/b21-10+. The zero-order valence-corrected chi connectivity index (χ0v) is 14.8. The molecular weight excluding hydrogens is 358 g/mol. The summed E-state index contributed by atoms with van der Waals surface area (Å²) in [4.78, 5) is 22.8. The van der Waals surface area contributed by atoms with E-state index >= 15 is 0 Å². The highest BCUT2D eigenvalue weighted by molar-refractivity contribution is 6.32. The van der Waals surface area contributed by atoms with Crippen LogP contribution < -0.4 is 20.6 Å². The molecule has 8 heteroatoms. The average Bonchev–Trinajstić information content (AvgIpc) is 2.61. The SMILES string of the molecule is CCOc1cc(/C=N/NC(=O)c2ccccc2)cc(Cl)c1OCC(N)=O. The molecule has 3 N–H and O–H groups in total. The monoisotopic (exact) mass is 375 g/mol. The lowest BCUT2D eigenvalue weighted by Crippen LogP contribution is -2.20. The number of nitrogens with one attached hydrogen (secondary N) is 1. The van der Waals surface area contributed by atoms with Gasteiger partial charge in [0, 0.05) is 5.56 Å². The van der Waals surface area contributed by atoms with Crippen LogP contribution in [0, 0.1) is 0 Å². The Morgan fingerprint density at radius 2 is 1.96 bits per heavy atom. The number of hydrogen-bond donors (Lipinski definition) is 2. The van der Waals surface area contributed by atoms with Gasteiger partial charge >= 0.3 is 0 Å². The van der Waals surface area contributed by atoms with Gasteiger partial charge in [-0.15, -0.1) is 0 Å². The van der Waals surface area contributed by atoms with Gasteiger partial charge in [0.2, 0.25) is 0 Å².